The normalized spacial score (nSPS) is 11.3. The van der Waals surface area contributed by atoms with Crippen molar-refractivity contribution in [1.29, 1.82) is 0 Å². The number of likely N-dealkylation sites (N-methyl/N-ethyl adjacent to an activating group) is 1. The van der Waals surface area contributed by atoms with Crippen LogP contribution in [0.4, 0.5) is 5.82 Å². The SMILES string of the molecule is COCCN(C)CCNc1cncc2nnnn12. The van der Waals surface area contributed by atoms with E-state index in [4.69, 9.17) is 4.74 Å². The van der Waals surface area contributed by atoms with Crippen molar-refractivity contribution < 1.29 is 4.74 Å². The highest BCUT2D eigenvalue weighted by Crippen LogP contribution is 2.04. The van der Waals surface area contributed by atoms with E-state index in [2.05, 4.69) is 37.8 Å². The molecule has 0 saturated heterocycles. The van der Waals surface area contributed by atoms with Crippen molar-refractivity contribution in [2.45, 2.75) is 0 Å². The Hall–Kier alpha value is -1.80. The fraction of sp³-hybridized carbons (Fsp3) is 0.600. The lowest BCUT2D eigenvalue weighted by Crippen LogP contribution is -2.28. The molecule has 8 heteroatoms. The summed E-state index contributed by atoms with van der Waals surface area (Å²) in [7, 11) is 3.76. The van der Waals surface area contributed by atoms with E-state index in [9.17, 15) is 0 Å². The third-order valence-corrected chi connectivity index (χ3v) is 2.59. The first-order valence-electron chi connectivity index (χ1n) is 5.74. The summed E-state index contributed by atoms with van der Waals surface area (Å²) >= 11 is 0. The van der Waals surface area contributed by atoms with Crippen molar-refractivity contribution >= 4 is 11.5 Å². The predicted molar refractivity (Wildman–Crippen MR) is 66.4 cm³/mol. The van der Waals surface area contributed by atoms with Crippen LogP contribution in [0, 0.1) is 0 Å². The Labute approximate surface area is 105 Å². The standard InChI is InChI=1S/C10H17N7O/c1-16(5-6-18-2)4-3-12-9-7-11-8-10-13-14-15-17(9)10/h7-8,12H,3-6H2,1-2H3. The molecule has 0 unspecified atom stereocenters. The zero-order chi connectivity index (χ0) is 12.8. The summed E-state index contributed by atoms with van der Waals surface area (Å²) in [5.41, 5.74) is 0.632. The molecule has 0 aliphatic carbocycles. The van der Waals surface area contributed by atoms with Crippen LogP contribution in [0.2, 0.25) is 0 Å². The number of nitrogens with zero attached hydrogens (tertiary/aromatic N) is 6. The molecule has 8 nitrogen and oxygen atoms in total. The van der Waals surface area contributed by atoms with Crippen LogP contribution < -0.4 is 5.32 Å². The van der Waals surface area contributed by atoms with Crippen LogP contribution in [0.3, 0.4) is 0 Å². The minimum atomic E-state index is 0.632. The summed E-state index contributed by atoms with van der Waals surface area (Å²) in [5, 5.41) is 14.6. The summed E-state index contributed by atoms with van der Waals surface area (Å²) in [4.78, 5) is 6.26. The first-order valence-corrected chi connectivity index (χ1v) is 5.74. The number of fused-ring (bicyclic) bond motifs is 1. The van der Waals surface area contributed by atoms with Crippen molar-refractivity contribution in [1.82, 2.24) is 29.9 Å². The number of methoxy groups -OCH3 is 1. The molecule has 2 aromatic rings. The topological polar surface area (TPSA) is 80.5 Å². The van der Waals surface area contributed by atoms with Gasteiger partial charge in [0.2, 0.25) is 0 Å². The smallest absolute Gasteiger partial charge is 0.199 e. The van der Waals surface area contributed by atoms with Crippen LogP contribution in [0.1, 0.15) is 0 Å². The molecule has 1 N–H and O–H groups in total. The molecule has 2 heterocycles. The van der Waals surface area contributed by atoms with Gasteiger partial charge in [0.05, 0.1) is 19.0 Å². The molecule has 98 valence electrons. The molecular weight excluding hydrogens is 234 g/mol. The van der Waals surface area contributed by atoms with E-state index in [1.165, 1.54) is 0 Å². The van der Waals surface area contributed by atoms with Gasteiger partial charge in [-0.2, -0.15) is 4.52 Å². The van der Waals surface area contributed by atoms with Crippen molar-refractivity contribution in [3.63, 3.8) is 0 Å². The van der Waals surface area contributed by atoms with Gasteiger partial charge in [0.15, 0.2) is 5.65 Å². The predicted octanol–water partition coefficient (Wildman–Crippen LogP) is -0.491. The van der Waals surface area contributed by atoms with E-state index < -0.39 is 0 Å². The van der Waals surface area contributed by atoms with Gasteiger partial charge < -0.3 is 15.0 Å². The molecule has 0 radical (unpaired) electrons. The van der Waals surface area contributed by atoms with Gasteiger partial charge in [-0.1, -0.05) is 0 Å². The fourth-order valence-electron chi connectivity index (χ4n) is 1.53. The summed E-state index contributed by atoms with van der Waals surface area (Å²) in [5.74, 6) is 0.789. The number of aromatic nitrogens is 5. The number of tetrazole rings is 1. The molecule has 0 atom stereocenters. The van der Waals surface area contributed by atoms with E-state index in [1.54, 1.807) is 24.0 Å². The van der Waals surface area contributed by atoms with E-state index >= 15 is 0 Å². The molecule has 0 amide bonds. The second kappa shape index (κ2) is 6.22. The minimum absolute atomic E-state index is 0.632. The quantitative estimate of drug-likeness (QED) is 0.711. The number of hydrogen-bond acceptors (Lipinski definition) is 7. The van der Waals surface area contributed by atoms with Crippen molar-refractivity contribution in [3.8, 4) is 0 Å². The van der Waals surface area contributed by atoms with Gasteiger partial charge in [0, 0.05) is 26.7 Å². The molecule has 0 fully saturated rings. The number of ether oxygens (including phenoxy) is 1. The number of rotatable bonds is 7. The van der Waals surface area contributed by atoms with Crippen molar-refractivity contribution in [2.75, 3.05) is 45.7 Å². The lowest BCUT2D eigenvalue weighted by Gasteiger charge is -2.16. The largest absolute Gasteiger partial charge is 0.383 e. The van der Waals surface area contributed by atoms with Crippen LogP contribution in [0.5, 0.6) is 0 Å². The average Bonchev–Trinajstić information content (AvgIpc) is 2.85. The second-order valence-electron chi connectivity index (χ2n) is 3.96. The second-order valence-corrected chi connectivity index (χ2v) is 3.96. The zero-order valence-corrected chi connectivity index (χ0v) is 10.6. The molecule has 0 spiro atoms. The van der Waals surface area contributed by atoms with E-state index in [0.717, 1.165) is 32.1 Å². The van der Waals surface area contributed by atoms with Gasteiger partial charge in [0.1, 0.15) is 5.82 Å². The minimum Gasteiger partial charge on any atom is -0.383 e. The highest BCUT2D eigenvalue weighted by atomic mass is 16.5. The summed E-state index contributed by atoms with van der Waals surface area (Å²) in [6, 6.07) is 0. The maximum absolute atomic E-state index is 5.02. The van der Waals surface area contributed by atoms with E-state index in [0.29, 0.717) is 5.65 Å². The Kier molecular flexibility index (Phi) is 4.37. The Morgan fingerprint density at radius 1 is 1.39 bits per heavy atom. The van der Waals surface area contributed by atoms with Crippen LogP contribution >= 0.6 is 0 Å². The fourth-order valence-corrected chi connectivity index (χ4v) is 1.53. The van der Waals surface area contributed by atoms with Gasteiger partial charge in [-0.05, 0) is 17.5 Å². The molecular formula is C10H17N7O. The third kappa shape index (κ3) is 3.11. The summed E-state index contributed by atoms with van der Waals surface area (Å²) in [6.45, 7) is 3.34. The average molecular weight is 251 g/mol. The number of nitrogens with one attached hydrogen (secondary N) is 1. The van der Waals surface area contributed by atoms with E-state index in [1.807, 2.05) is 0 Å². The van der Waals surface area contributed by atoms with Crippen LogP contribution in [0.25, 0.3) is 5.65 Å². The Morgan fingerprint density at radius 2 is 2.28 bits per heavy atom. The third-order valence-electron chi connectivity index (χ3n) is 2.59. The Morgan fingerprint density at radius 3 is 3.11 bits per heavy atom. The lowest BCUT2D eigenvalue weighted by molar-refractivity contribution is 0.163. The molecule has 0 aromatic carbocycles. The summed E-state index contributed by atoms with van der Waals surface area (Å²) < 4.78 is 6.65. The van der Waals surface area contributed by atoms with Crippen LogP contribution in [-0.2, 0) is 4.74 Å². The van der Waals surface area contributed by atoms with E-state index in [-0.39, 0.29) is 0 Å². The maximum Gasteiger partial charge on any atom is 0.199 e. The molecule has 0 bridgehead atoms. The van der Waals surface area contributed by atoms with Gasteiger partial charge in [-0.15, -0.1) is 5.10 Å². The first-order chi connectivity index (χ1) is 8.81. The highest BCUT2D eigenvalue weighted by molar-refractivity contribution is 5.43. The lowest BCUT2D eigenvalue weighted by atomic mass is 10.5. The number of hydrogen-bond donors (Lipinski definition) is 1. The monoisotopic (exact) mass is 251 g/mol. The molecule has 0 aliphatic heterocycles. The zero-order valence-electron chi connectivity index (χ0n) is 10.6. The molecule has 18 heavy (non-hydrogen) atoms. The molecule has 2 rings (SSSR count). The van der Waals surface area contributed by atoms with Crippen LogP contribution in [-0.4, -0.2) is 70.3 Å². The first kappa shape index (κ1) is 12.7. The summed E-state index contributed by atoms with van der Waals surface area (Å²) in [6.07, 6.45) is 3.33. The van der Waals surface area contributed by atoms with Gasteiger partial charge in [-0.25, -0.2) is 0 Å². The van der Waals surface area contributed by atoms with Gasteiger partial charge in [-0.3, -0.25) is 4.98 Å². The Balaban J connectivity index is 1.85. The van der Waals surface area contributed by atoms with Crippen molar-refractivity contribution in [2.24, 2.45) is 0 Å². The molecule has 0 saturated carbocycles. The maximum atomic E-state index is 5.02. The van der Waals surface area contributed by atoms with Crippen molar-refractivity contribution in [3.05, 3.63) is 12.4 Å². The molecule has 0 aliphatic rings. The highest BCUT2D eigenvalue weighted by Gasteiger charge is 2.03. The van der Waals surface area contributed by atoms with Crippen LogP contribution in [0.15, 0.2) is 12.4 Å². The molecule has 2 aromatic heterocycles. The van der Waals surface area contributed by atoms with Gasteiger partial charge in [0.25, 0.3) is 0 Å². The Bertz CT molecular complexity index is 486. The van der Waals surface area contributed by atoms with Gasteiger partial charge >= 0.3 is 0 Å². The number of anilines is 1.